The van der Waals surface area contributed by atoms with Crippen molar-refractivity contribution in [1.29, 1.82) is 0 Å². The number of nitrogens with one attached hydrogen (secondary N) is 2. The summed E-state index contributed by atoms with van der Waals surface area (Å²) in [5.41, 5.74) is 15.1. The van der Waals surface area contributed by atoms with E-state index in [0.29, 0.717) is 0 Å². The smallest absolute Gasteiger partial charge is 0.387 e. The van der Waals surface area contributed by atoms with Crippen molar-refractivity contribution in [3.05, 3.63) is 39.7 Å². The number of phosphoric ester groups is 3. The van der Waals surface area contributed by atoms with E-state index in [4.69, 9.17) is 49.7 Å². The SMILES string of the molecule is CO[C@@H]1[C@H](OP(=O)(O)OC[C@H]2O[C@@H](n3nnc4c(=O)[nH]c(N)nc43)[C@H](O)[C@@H]2O)[C@@H](COP(=O)(O)OP(=O)(O)OP(=O)(O)OC[C@H]2O[C@@H]([n+]3cn(C)c4c(=O)[nH]c(N)nc43)[C@H](O)[C@@H]2O)O[C@H]1n1cnc2c(N)ncnc21. The number of phosphoric acid groups is 4. The number of H-pyrrole nitrogens is 2. The number of nitrogen functional groups attached to an aromatic ring is 3. The fourth-order valence-electron chi connectivity index (χ4n) is 8.16. The molecule has 4 unspecified atom stereocenters. The molecular weight excluding hydrogens is 1100 g/mol. The van der Waals surface area contributed by atoms with E-state index >= 15 is 0 Å². The average molecular weight is 1150 g/mol. The van der Waals surface area contributed by atoms with E-state index < -0.39 is 136 Å². The monoisotopic (exact) mass is 1150 g/mol. The zero-order valence-corrected chi connectivity index (χ0v) is 41.4. The quantitative estimate of drug-likeness (QED) is 0.0266. The number of aliphatic hydroxyl groups is 4. The van der Waals surface area contributed by atoms with E-state index in [9.17, 15) is 67.8 Å². The number of methoxy groups -OCH3 is 1. The first-order chi connectivity index (χ1) is 35.2. The van der Waals surface area contributed by atoms with Crippen LogP contribution in [0.15, 0.2) is 28.6 Å². The molecule has 0 radical (unpaired) electrons. The lowest BCUT2D eigenvalue weighted by molar-refractivity contribution is -0.745. The largest absolute Gasteiger partial charge is 0.490 e. The third-order valence-corrected chi connectivity index (χ3v) is 16.7. The number of aromatic amines is 2. The predicted octanol–water partition coefficient (Wildman–Crippen LogP) is -5.32. The highest BCUT2D eigenvalue weighted by Crippen LogP contribution is 2.68. The van der Waals surface area contributed by atoms with E-state index in [0.717, 1.165) is 29.0 Å². The number of fused-ring (bicyclic) bond motifs is 3. The molecule has 0 saturated carbocycles. The van der Waals surface area contributed by atoms with Crippen LogP contribution in [-0.2, 0) is 71.0 Å². The second-order valence-electron chi connectivity index (χ2n) is 16.4. The number of rotatable bonds is 19. The van der Waals surface area contributed by atoms with Crippen molar-refractivity contribution < 1.29 is 108 Å². The lowest BCUT2D eigenvalue weighted by Crippen LogP contribution is -2.46. The molecule has 9 heterocycles. The maximum atomic E-state index is 13.7. The number of imidazole rings is 2. The maximum Gasteiger partial charge on any atom is 0.490 e. The second kappa shape index (κ2) is 20.3. The first-order valence-electron chi connectivity index (χ1n) is 21.0. The van der Waals surface area contributed by atoms with Crippen LogP contribution in [0.4, 0.5) is 17.7 Å². The Morgan fingerprint density at radius 3 is 1.99 bits per heavy atom. The van der Waals surface area contributed by atoms with Crippen molar-refractivity contribution in [2.24, 2.45) is 7.05 Å². The van der Waals surface area contributed by atoms with Crippen LogP contribution in [0.5, 0.6) is 0 Å². The van der Waals surface area contributed by atoms with Gasteiger partial charge in [-0.2, -0.15) is 18.3 Å². The zero-order chi connectivity index (χ0) is 54.3. The van der Waals surface area contributed by atoms with Crippen LogP contribution in [0.25, 0.3) is 33.5 Å². The van der Waals surface area contributed by atoms with Crippen LogP contribution >= 0.6 is 31.3 Å². The second-order valence-corrected chi connectivity index (χ2v) is 22.4. The van der Waals surface area contributed by atoms with E-state index in [-0.39, 0.29) is 51.2 Å². The van der Waals surface area contributed by atoms with Gasteiger partial charge in [-0.1, -0.05) is 10.2 Å². The van der Waals surface area contributed by atoms with Crippen molar-refractivity contribution in [1.82, 2.24) is 59.0 Å². The van der Waals surface area contributed by atoms with Crippen molar-refractivity contribution in [3.8, 4) is 0 Å². The van der Waals surface area contributed by atoms with Crippen LogP contribution in [0.3, 0.4) is 0 Å². The summed E-state index contributed by atoms with van der Waals surface area (Å²) in [4.78, 5) is 91.5. The standard InChI is InChI=1S/C31H42N16O24P4/c1-44-8-46(24-14(44)26(53)41-31(34)39-24)27-17(50)15(48)9(66-27)4-64-73(56,57)70-75(60,61)71-74(58,59)65-5-11-19(20(62-2)29(68-11)45-7-37-12-21(32)35-6-36-22(12)45)69-72(54,55)63-3-10-16(49)18(51)28(67-10)47-23-13(42-43-47)25(52)40-30(33)38-23/h6-11,15-20,27-29,48-51H,3-5H2,1-2H3,(H11-,32,33,34,35,36,38,39,40,41,43,52,53,54,55,56,57,58,59,60,61)/p+1/t9-,10-,11-,15-,16-,17-,18-,19-,20-,27-,28-,29-/m1/s1. The third kappa shape index (κ3) is 10.9. The van der Waals surface area contributed by atoms with Gasteiger partial charge in [-0.05, 0) is 0 Å². The normalized spacial score (nSPS) is 30.5. The van der Waals surface area contributed by atoms with E-state index in [1.54, 1.807) is 0 Å². The Hall–Kier alpha value is -5.22. The molecule has 9 rings (SSSR count). The van der Waals surface area contributed by atoms with Gasteiger partial charge >= 0.3 is 36.9 Å². The molecule has 75 heavy (non-hydrogen) atoms. The predicted molar refractivity (Wildman–Crippen MR) is 237 cm³/mol. The first kappa shape index (κ1) is 54.6. The van der Waals surface area contributed by atoms with Gasteiger partial charge in [0, 0.05) is 7.11 Å². The first-order valence-corrected chi connectivity index (χ1v) is 27.0. The molecule has 3 fully saturated rings. The Balaban J connectivity index is 0.862. The summed E-state index contributed by atoms with van der Waals surface area (Å²) in [6.07, 6.45) is -17.2. The fraction of sp³-hybridized carbons (Fsp3) is 0.548. The number of aromatic nitrogens is 13. The summed E-state index contributed by atoms with van der Waals surface area (Å²) in [6, 6.07) is 0. The lowest BCUT2D eigenvalue weighted by atomic mass is 10.1. The molecule has 3 saturated heterocycles. The molecule has 0 aliphatic carbocycles. The maximum absolute atomic E-state index is 13.7. The average Bonchev–Trinajstić information content (AvgIpc) is 4.17. The van der Waals surface area contributed by atoms with Gasteiger partial charge in [0.1, 0.15) is 66.8 Å². The molecule has 0 bridgehead atoms. The van der Waals surface area contributed by atoms with Crippen molar-refractivity contribution in [3.63, 3.8) is 0 Å². The minimum atomic E-state index is -6.21. The Labute approximate surface area is 413 Å². The molecule has 3 aliphatic rings. The molecular formula is C31H43N16O24P4+. The third-order valence-electron chi connectivity index (χ3n) is 11.4. The van der Waals surface area contributed by atoms with Gasteiger partial charge in [0.15, 0.2) is 41.4 Å². The summed E-state index contributed by atoms with van der Waals surface area (Å²) in [7, 11) is -21.0. The minimum absolute atomic E-state index is 0.000954. The fourth-order valence-corrected chi connectivity index (χ4v) is 12.6. The number of nitrogens with zero attached hydrogens (tertiary/aromatic N) is 11. The summed E-state index contributed by atoms with van der Waals surface area (Å²) in [5, 5.41) is 50.5. The number of hydrogen-bond acceptors (Lipinski definition) is 30. The van der Waals surface area contributed by atoms with Gasteiger partial charge in [-0.3, -0.25) is 46.8 Å². The van der Waals surface area contributed by atoms with Crippen LogP contribution in [0.1, 0.15) is 18.7 Å². The molecule has 0 aromatic carbocycles. The van der Waals surface area contributed by atoms with E-state index in [1.807, 2.05) is 0 Å². The molecule has 16 N–H and O–H groups in total. The molecule has 40 nitrogen and oxygen atoms in total. The summed E-state index contributed by atoms with van der Waals surface area (Å²) in [5.74, 6) is -0.761. The molecule has 6 aromatic heterocycles. The van der Waals surface area contributed by atoms with Crippen LogP contribution in [-0.4, -0.2) is 181 Å². The highest BCUT2D eigenvalue weighted by Gasteiger charge is 2.54. The van der Waals surface area contributed by atoms with E-state index in [2.05, 4.69) is 58.3 Å². The van der Waals surface area contributed by atoms with Crippen LogP contribution in [0.2, 0.25) is 0 Å². The Morgan fingerprint density at radius 2 is 1.31 bits per heavy atom. The molecule has 0 amide bonds. The summed E-state index contributed by atoms with van der Waals surface area (Å²) in [6.45, 7) is -3.44. The summed E-state index contributed by atoms with van der Waals surface area (Å²) < 4.78 is 108. The number of anilines is 3. The zero-order valence-electron chi connectivity index (χ0n) is 37.8. The lowest BCUT2D eigenvalue weighted by Gasteiger charge is -2.26. The van der Waals surface area contributed by atoms with Gasteiger partial charge in [0.25, 0.3) is 17.1 Å². The van der Waals surface area contributed by atoms with E-state index in [1.165, 1.54) is 22.5 Å². The molecule has 44 heteroatoms. The number of ether oxygens (including phenoxy) is 4. The van der Waals surface area contributed by atoms with Gasteiger partial charge in [-0.25, -0.2) is 37.8 Å². The van der Waals surface area contributed by atoms with Gasteiger partial charge in [-0.15, -0.1) is 5.10 Å². The Bertz CT molecular complexity index is 3470. The number of aliphatic hydroxyl groups excluding tert-OH is 4. The van der Waals surface area contributed by atoms with Crippen molar-refractivity contribution in [2.75, 3.05) is 44.1 Å². The number of nitrogens with two attached hydrogens (primary N) is 3. The number of aryl methyl sites for hydroxylation is 1. The Morgan fingerprint density at radius 1 is 0.707 bits per heavy atom. The number of hydrogen-bond donors (Lipinski definition) is 13. The van der Waals surface area contributed by atoms with Gasteiger partial charge in [0.2, 0.25) is 17.7 Å². The molecule has 6 aromatic rings. The van der Waals surface area contributed by atoms with Crippen molar-refractivity contribution in [2.45, 2.75) is 73.6 Å². The summed E-state index contributed by atoms with van der Waals surface area (Å²) >= 11 is 0. The highest BCUT2D eigenvalue weighted by molar-refractivity contribution is 7.66. The van der Waals surface area contributed by atoms with Gasteiger partial charge in [0.05, 0.1) is 33.2 Å². The van der Waals surface area contributed by atoms with Crippen molar-refractivity contribution >= 4 is 82.5 Å². The molecule has 3 aliphatic heterocycles. The molecule has 16 atom stereocenters. The van der Waals surface area contributed by atoms with Gasteiger partial charge < -0.3 is 76.1 Å². The van der Waals surface area contributed by atoms with Crippen LogP contribution in [0, 0.1) is 0 Å². The highest BCUT2D eigenvalue weighted by atomic mass is 31.3. The minimum Gasteiger partial charge on any atom is -0.387 e. The molecule has 0 spiro atoms. The Kier molecular flexibility index (Phi) is 14.8. The molecule has 410 valence electrons. The van der Waals surface area contributed by atoms with Crippen LogP contribution < -0.4 is 32.9 Å². The topological polar surface area (TPSA) is 575 Å².